The number of carbonyl (C=O) groups is 2. The van der Waals surface area contributed by atoms with Gasteiger partial charge in [-0.15, -0.1) is 0 Å². The molecule has 5 fully saturated rings. The Kier molecular flexibility index (Phi) is 3.86. The lowest BCUT2D eigenvalue weighted by atomic mass is 9.71. The molecule has 1 aromatic rings. The highest BCUT2D eigenvalue weighted by Crippen LogP contribution is 2.63. The van der Waals surface area contributed by atoms with Crippen LogP contribution in [0.5, 0.6) is 0 Å². The Balaban J connectivity index is 1.09. The Hall–Kier alpha value is -2.08. The van der Waals surface area contributed by atoms with Crippen LogP contribution in [-0.2, 0) is 11.2 Å². The first-order chi connectivity index (χ1) is 15.1. The SMILES string of the molecule is O=C1NC2(CC3CC2C2CCCC32)C(=O)N1CN1CCCN2c3ccccc3CC2C1. The average Bonchev–Trinajstić information content (AvgIpc) is 3.53. The summed E-state index contributed by atoms with van der Waals surface area (Å²) in [5.41, 5.74) is 2.21. The van der Waals surface area contributed by atoms with Gasteiger partial charge in [-0.25, -0.2) is 9.69 Å². The molecule has 3 saturated carbocycles. The Morgan fingerprint density at radius 3 is 2.87 bits per heavy atom. The molecule has 164 valence electrons. The lowest BCUT2D eigenvalue weighted by Gasteiger charge is -2.38. The number of para-hydroxylation sites is 1. The molecule has 3 aliphatic heterocycles. The molecule has 7 rings (SSSR count). The van der Waals surface area contributed by atoms with Gasteiger partial charge in [-0.1, -0.05) is 24.6 Å². The van der Waals surface area contributed by atoms with Crippen molar-refractivity contribution in [2.45, 2.75) is 56.5 Å². The van der Waals surface area contributed by atoms with E-state index >= 15 is 0 Å². The number of hydrogen-bond acceptors (Lipinski definition) is 4. The fourth-order valence-electron chi connectivity index (χ4n) is 8.48. The molecule has 2 saturated heterocycles. The van der Waals surface area contributed by atoms with Crippen molar-refractivity contribution in [1.29, 1.82) is 0 Å². The van der Waals surface area contributed by atoms with Gasteiger partial charge in [0.1, 0.15) is 5.54 Å². The molecular weight excluding hydrogens is 388 g/mol. The van der Waals surface area contributed by atoms with Crippen LogP contribution in [0.4, 0.5) is 10.5 Å². The van der Waals surface area contributed by atoms with Crippen LogP contribution >= 0.6 is 0 Å². The normalized spacial score (nSPS) is 41.0. The summed E-state index contributed by atoms with van der Waals surface area (Å²) in [5, 5.41) is 3.24. The number of fused-ring (bicyclic) bond motifs is 9. The Bertz CT molecular complexity index is 949. The smallest absolute Gasteiger partial charge is 0.326 e. The van der Waals surface area contributed by atoms with Crippen molar-refractivity contribution in [1.82, 2.24) is 15.1 Å². The van der Waals surface area contributed by atoms with Gasteiger partial charge in [-0.05, 0) is 73.8 Å². The number of imide groups is 1. The summed E-state index contributed by atoms with van der Waals surface area (Å²) in [6.45, 7) is 3.35. The largest absolute Gasteiger partial charge is 0.367 e. The number of rotatable bonds is 2. The highest BCUT2D eigenvalue weighted by molar-refractivity contribution is 6.07. The van der Waals surface area contributed by atoms with Crippen molar-refractivity contribution >= 4 is 17.6 Å². The third kappa shape index (κ3) is 2.48. The number of nitrogens with one attached hydrogen (secondary N) is 1. The van der Waals surface area contributed by atoms with Crippen LogP contribution in [0.2, 0.25) is 0 Å². The van der Waals surface area contributed by atoms with E-state index in [9.17, 15) is 9.59 Å². The van der Waals surface area contributed by atoms with Gasteiger partial charge < -0.3 is 10.2 Å². The van der Waals surface area contributed by atoms with E-state index < -0.39 is 5.54 Å². The number of anilines is 1. The lowest BCUT2D eigenvalue weighted by molar-refractivity contribution is -0.135. The third-order valence-corrected chi connectivity index (χ3v) is 9.60. The predicted octanol–water partition coefficient (Wildman–Crippen LogP) is 2.83. The minimum absolute atomic E-state index is 0.0751. The van der Waals surface area contributed by atoms with Crippen LogP contribution in [0.25, 0.3) is 0 Å². The zero-order valence-corrected chi connectivity index (χ0v) is 18.1. The summed E-state index contributed by atoms with van der Waals surface area (Å²) in [5.74, 6) is 2.56. The van der Waals surface area contributed by atoms with Gasteiger partial charge in [0.25, 0.3) is 5.91 Å². The fourth-order valence-corrected chi connectivity index (χ4v) is 8.48. The average molecular weight is 421 g/mol. The van der Waals surface area contributed by atoms with Crippen LogP contribution in [0.1, 0.15) is 44.1 Å². The van der Waals surface area contributed by atoms with Gasteiger partial charge >= 0.3 is 6.03 Å². The number of urea groups is 1. The van der Waals surface area contributed by atoms with Crippen molar-refractivity contribution in [3.05, 3.63) is 29.8 Å². The van der Waals surface area contributed by atoms with Crippen molar-refractivity contribution in [3.63, 3.8) is 0 Å². The minimum atomic E-state index is -0.589. The molecule has 1 spiro atoms. The number of nitrogens with zero attached hydrogens (tertiary/aromatic N) is 3. The second-order valence-corrected chi connectivity index (χ2v) is 11.0. The highest BCUT2D eigenvalue weighted by Gasteiger charge is 2.68. The molecule has 6 unspecified atom stereocenters. The molecule has 3 aliphatic carbocycles. The number of hydrogen-bond donors (Lipinski definition) is 1. The molecule has 1 N–H and O–H groups in total. The first-order valence-corrected chi connectivity index (χ1v) is 12.3. The van der Waals surface area contributed by atoms with Crippen LogP contribution in [0.15, 0.2) is 24.3 Å². The van der Waals surface area contributed by atoms with E-state index in [0.717, 1.165) is 51.2 Å². The zero-order chi connectivity index (χ0) is 20.7. The first kappa shape index (κ1) is 18.5. The van der Waals surface area contributed by atoms with Crippen LogP contribution in [0, 0.1) is 23.7 Å². The maximum Gasteiger partial charge on any atom is 0.326 e. The van der Waals surface area contributed by atoms with Crippen molar-refractivity contribution in [2.75, 3.05) is 31.2 Å². The molecule has 6 aliphatic rings. The monoisotopic (exact) mass is 420 g/mol. The Labute approximate surface area is 183 Å². The van der Waals surface area contributed by atoms with Gasteiger partial charge in [-0.2, -0.15) is 0 Å². The summed E-state index contributed by atoms with van der Waals surface area (Å²) in [6, 6.07) is 9.01. The summed E-state index contributed by atoms with van der Waals surface area (Å²) in [4.78, 5) is 33.2. The van der Waals surface area contributed by atoms with Gasteiger partial charge in [0.15, 0.2) is 0 Å². The molecular formula is C25H32N4O2. The molecule has 3 amide bonds. The van der Waals surface area contributed by atoms with Crippen LogP contribution < -0.4 is 10.2 Å². The van der Waals surface area contributed by atoms with E-state index in [0.29, 0.717) is 30.5 Å². The second kappa shape index (κ2) is 6.47. The van der Waals surface area contributed by atoms with E-state index in [4.69, 9.17) is 0 Å². The summed E-state index contributed by atoms with van der Waals surface area (Å²) >= 11 is 0. The third-order valence-electron chi connectivity index (χ3n) is 9.60. The van der Waals surface area contributed by atoms with E-state index in [1.165, 1.54) is 30.5 Å². The van der Waals surface area contributed by atoms with Crippen molar-refractivity contribution < 1.29 is 9.59 Å². The van der Waals surface area contributed by atoms with E-state index in [1.54, 1.807) is 4.90 Å². The Morgan fingerprint density at radius 1 is 1.06 bits per heavy atom. The molecule has 6 heteroatoms. The number of carbonyl (C=O) groups excluding carboxylic acids is 2. The van der Waals surface area contributed by atoms with Gasteiger partial charge in [0.2, 0.25) is 0 Å². The summed E-state index contributed by atoms with van der Waals surface area (Å²) in [6.07, 6.45) is 8.04. The van der Waals surface area contributed by atoms with Crippen molar-refractivity contribution in [3.8, 4) is 0 Å². The van der Waals surface area contributed by atoms with Gasteiger partial charge in [-0.3, -0.25) is 9.69 Å². The topological polar surface area (TPSA) is 55.9 Å². The maximum absolute atomic E-state index is 13.7. The molecule has 31 heavy (non-hydrogen) atoms. The summed E-state index contributed by atoms with van der Waals surface area (Å²) < 4.78 is 0. The fraction of sp³-hybridized carbons (Fsp3) is 0.680. The molecule has 0 aromatic heterocycles. The van der Waals surface area contributed by atoms with E-state index in [-0.39, 0.29) is 11.9 Å². The van der Waals surface area contributed by atoms with Gasteiger partial charge in [0, 0.05) is 31.4 Å². The molecule has 0 radical (unpaired) electrons. The molecule has 2 bridgehead atoms. The number of benzene rings is 1. The van der Waals surface area contributed by atoms with Gasteiger partial charge in [0.05, 0.1) is 6.67 Å². The van der Waals surface area contributed by atoms with Crippen LogP contribution in [0.3, 0.4) is 0 Å². The summed E-state index contributed by atoms with van der Waals surface area (Å²) in [7, 11) is 0. The quantitative estimate of drug-likeness (QED) is 0.748. The molecule has 6 atom stereocenters. The molecule has 1 aromatic carbocycles. The van der Waals surface area contributed by atoms with E-state index in [1.807, 2.05) is 0 Å². The predicted molar refractivity (Wildman–Crippen MR) is 117 cm³/mol. The number of amides is 3. The molecule has 6 nitrogen and oxygen atoms in total. The molecule has 3 heterocycles. The highest BCUT2D eigenvalue weighted by atomic mass is 16.2. The van der Waals surface area contributed by atoms with E-state index in [2.05, 4.69) is 39.4 Å². The second-order valence-electron chi connectivity index (χ2n) is 11.0. The minimum Gasteiger partial charge on any atom is -0.367 e. The lowest BCUT2D eigenvalue weighted by Crippen LogP contribution is -2.55. The van der Waals surface area contributed by atoms with Crippen LogP contribution in [-0.4, -0.2) is 59.6 Å². The van der Waals surface area contributed by atoms with Crippen molar-refractivity contribution in [2.24, 2.45) is 23.7 Å². The first-order valence-electron chi connectivity index (χ1n) is 12.3. The maximum atomic E-state index is 13.7. The Morgan fingerprint density at radius 2 is 1.94 bits per heavy atom. The standard InChI is InChI=1S/C25H32N4O2/c30-23-25(13-17-12-21(25)20-7-3-6-19(17)20)26-24(31)29(23)15-27-9-4-10-28-18(14-27)11-16-5-1-2-8-22(16)28/h1-2,5,8,17-21H,3-4,6-7,9-15H2,(H,26,31). The zero-order valence-electron chi connectivity index (χ0n) is 18.1.